The molecule has 100 valence electrons. The van der Waals surface area contributed by atoms with Crippen LogP contribution >= 0.6 is 0 Å². The second-order valence-electron chi connectivity index (χ2n) is 3.96. The number of carboxylic acids is 1. The molecule has 0 aromatic heterocycles. The van der Waals surface area contributed by atoms with E-state index < -0.39 is 5.97 Å². The average Bonchev–Trinajstić information content (AvgIpc) is 2.37. The van der Waals surface area contributed by atoms with Gasteiger partial charge in [-0.2, -0.15) is 0 Å². The molecule has 0 heterocycles. The maximum atomic E-state index is 10.9. The Hall–Kier alpha value is -1.71. The van der Waals surface area contributed by atoms with Crippen LogP contribution in [-0.2, 0) is 0 Å². The Balaban J connectivity index is 2.99. The maximum Gasteiger partial charge on any atom is 0.335 e. The van der Waals surface area contributed by atoms with Crippen molar-refractivity contribution in [3.8, 4) is 11.5 Å². The van der Waals surface area contributed by atoms with E-state index in [0.717, 1.165) is 12.8 Å². The van der Waals surface area contributed by atoms with Crippen molar-refractivity contribution in [2.75, 3.05) is 6.61 Å². The number of aromatic carboxylic acids is 1. The Kier molecular flexibility index (Phi) is 5.49. The summed E-state index contributed by atoms with van der Waals surface area (Å²) >= 11 is 0. The summed E-state index contributed by atoms with van der Waals surface area (Å²) in [5.74, 6) is 0.130. The fourth-order valence-electron chi connectivity index (χ4n) is 1.64. The normalized spacial score (nSPS) is 10.4. The van der Waals surface area contributed by atoms with Crippen LogP contribution < -0.4 is 9.47 Å². The van der Waals surface area contributed by atoms with Crippen molar-refractivity contribution >= 4 is 5.97 Å². The summed E-state index contributed by atoms with van der Waals surface area (Å²) in [4.78, 5) is 10.9. The van der Waals surface area contributed by atoms with Crippen LogP contribution in [0.3, 0.4) is 0 Å². The lowest BCUT2D eigenvalue weighted by molar-refractivity contribution is 0.0696. The summed E-state index contributed by atoms with van der Waals surface area (Å²) in [7, 11) is 0. The Morgan fingerprint density at radius 2 is 1.89 bits per heavy atom. The first kappa shape index (κ1) is 14.4. The molecule has 0 unspecified atom stereocenters. The van der Waals surface area contributed by atoms with Crippen LogP contribution in [0.1, 0.15) is 44.0 Å². The molecule has 1 rings (SSSR count). The van der Waals surface area contributed by atoms with E-state index in [1.54, 1.807) is 6.07 Å². The largest absolute Gasteiger partial charge is 0.490 e. The molecule has 0 fully saturated rings. The molecule has 0 atom stereocenters. The maximum absolute atomic E-state index is 10.9. The highest BCUT2D eigenvalue weighted by atomic mass is 16.5. The highest BCUT2D eigenvalue weighted by Gasteiger charge is 2.13. The van der Waals surface area contributed by atoms with Gasteiger partial charge in [0.25, 0.3) is 0 Å². The zero-order valence-corrected chi connectivity index (χ0v) is 11.1. The van der Waals surface area contributed by atoms with E-state index in [0.29, 0.717) is 18.1 Å². The number of hydrogen-bond donors (Lipinski definition) is 1. The van der Waals surface area contributed by atoms with Crippen molar-refractivity contribution in [1.82, 2.24) is 0 Å². The molecule has 0 radical (unpaired) electrons. The van der Waals surface area contributed by atoms with Crippen LogP contribution in [-0.4, -0.2) is 23.8 Å². The molecule has 4 nitrogen and oxygen atoms in total. The van der Waals surface area contributed by atoms with Gasteiger partial charge in [0.2, 0.25) is 0 Å². The second-order valence-corrected chi connectivity index (χ2v) is 3.96. The van der Waals surface area contributed by atoms with Gasteiger partial charge in [-0.1, -0.05) is 13.8 Å². The van der Waals surface area contributed by atoms with E-state index in [1.165, 1.54) is 12.1 Å². The van der Waals surface area contributed by atoms with E-state index in [1.807, 2.05) is 6.92 Å². The molecule has 0 amide bonds. The number of carbonyl (C=O) groups is 1. The topological polar surface area (TPSA) is 55.8 Å². The Labute approximate surface area is 108 Å². The number of benzene rings is 1. The third-order valence-corrected chi connectivity index (χ3v) is 2.69. The van der Waals surface area contributed by atoms with E-state index in [-0.39, 0.29) is 11.7 Å². The van der Waals surface area contributed by atoms with Crippen molar-refractivity contribution in [3.63, 3.8) is 0 Å². The third kappa shape index (κ3) is 3.65. The summed E-state index contributed by atoms with van der Waals surface area (Å²) in [5.41, 5.74) is 0.204. The third-order valence-electron chi connectivity index (χ3n) is 2.69. The Morgan fingerprint density at radius 3 is 2.39 bits per heavy atom. The molecular formula is C14H20O4. The van der Waals surface area contributed by atoms with Gasteiger partial charge in [-0.3, -0.25) is 0 Å². The molecular weight excluding hydrogens is 232 g/mol. The van der Waals surface area contributed by atoms with Crippen molar-refractivity contribution in [1.29, 1.82) is 0 Å². The van der Waals surface area contributed by atoms with Gasteiger partial charge in [0.15, 0.2) is 11.5 Å². The predicted octanol–water partition coefficient (Wildman–Crippen LogP) is 3.35. The molecule has 18 heavy (non-hydrogen) atoms. The van der Waals surface area contributed by atoms with Crippen molar-refractivity contribution in [2.24, 2.45) is 0 Å². The summed E-state index contributed by atoms with van der Waals surface area (Å²) in [6.07, 6.45) is 1.94. The lowest BCUT2D eigenvalue weighted by Gasteiger charge is -2.18. The predicted molar refractivity (Wildman–Crippen MR) is 69.6 cm³/mol. The van der Waals surface area contributed by atoms with Gasteiger partial charge < -0.3 is 14.6 Å². The lowest BCUT2D eigenvalue weighted by Crippen LogP contribution is -2.14. The SMILES string of the molecule is CCOc1cc(C(=O)O)ccc1OC(CC)CC. The van der Waals surface area contributed by atoms with Gasteiger partial charge in [-0.25, -0.2) is 4.79 Å². The van der Waals surface area contributed by atoms with Crippen LogP contribution in [0.2, 0.25) is 0 Å². The van der Waals surface area contributed by atoms with Gasteiger partial charge in [-0.15, -0.1) is 0 Å². The smallest absolute Gasteiger partial charge is 0.335 e. The first-order chi connectivity index (χ1) is 8.62. The minimum absolute atomic E-state index is 0.125. The van der Waals surface area contributed by atoms with Gasteiger partial charge in [0.05, 0.1) is 18.3 Å². The van der Waals surface area contributed by atoms with E-state index in [4.69, 9.17) is 14.6 Å². The van der Waals surface area contributed by atoms with Crippen LogP contribution in [0.4, 0.5) is 0 Å². The number of ether oxygens (including phenoxy) is 2. The zero-order valence-electron chi connectivity index (χ0n) is 11.1. The summed E-state index contributed by atoms with van der Waals surface area (Å²) in [6.45, 7) is 6.44. The fourth-order valence-corrected chi connectivity index (χ4v) is 1.64. The monoisotopic (exact) mass is 252 g/mol. The highest BCUT2D eigenvalue weighted by Crippen LogP contribution is 2.30. The van der Waals surface area contributed by atoms with Crippen LogP contribution in [0.25, 0.3) is 0 Å². The highest BCUT2D eigenvalue weighted by molar-refractivity contribution is 5.88. The second kappa shape index (κ2) is 6.89. The van der Waals surface area contributed by atoms with Crippen molar-refractivity contribution < 1.29 is 19.4 Å². The molecule has 4 heteroatoms. The molecule has 0 aliphatic carbocycles. The molecule has 0 saturated heterocycles. The molecule has 0 saturated carbocycles. The van der Waals surface area contributed by atoms with Crippen LogP contribution in [0.5, 0.6) is 11.5 Å². The van der Waals surface area contributed by atoms with Crippen LogP contribution in [0.15, 0.2) is 18.2 Å². The van der Waals surface area contributed by atoms with Crippen molar-refractivity contribution in [3.05, 3.63) is 23.8 Å². The molecule has 0 aliphatic rings. The molecule has 0 bridgehead atoms. The van der Waals surface area contributed by atoms with Gasteiger partial charge >= 0.3 is 5.97 Å². The molecule has 1 aromatic rings. The number of rotatable bonds is 7. The molecule has 1 aromatic carbocycles. The van der Waals surface area contributed by atoms with E-state index in [9.17, 15) is 4.79 Å². The fraction of sp³-hybridized carbons (Fsp3) is 0.500. The summed E-state index contributed by atoms with van der Waals surface area (Å²) in [5, 5.41) is 8.95. The van der Waals surface area contributed by atoms with E-state index in [2.05, 4.69) is 13.8 Å². The van der Waals surface area contributed by atoms with Gasteiger partial charge in [-0.05, 0) is 38.0 Å². The van der Waals surface area contributed by atoms with Crippen LogP contribution in [0, 0.1) is 0 Å². The minimum atomic E-state index is -0.968. The van der Waals surface area contributed by atoms with E-state index >= 15 is 0 Å². The van der Waals surface area contributed by atoms with Crippen molar-refractivity contribution in [2.45, 2.75) is 39.7 Å². The first-order valence-electron chi connectivity index (χ1n) is 6.29. The zero-order chi connectivity index (χ0) is 13.5. The standard InChI is InChI=1S/C14H20O4/c1-4-11(5-2)18-12-8-7-10(14(15)16)9-13(12)17-6-3/h7-9,11H,4-6H2,1-3H3,(H,15,16). The average molecular weight is 252 g/mol. The summed E-state index contributed by atoms with van der Waals surface area (Å²) in [6, 6.07) is 4.69. The minimum Gasteiger partial charge on any atom is -0.490 e. The Bertz CT molecular complexity index is 397. The number of carboxylic acid groups (broad SMARTS) is 1. The lowest BCUT2D eigenvalue weighted by atomic mass is 10.2. The van der Waals surface area contributed by atoms with Gasteiger partial charge in [0.1, 0.15) is 0 Å². The Morgan fingerprint density at radius 1 is 1.22 bits per heavy atom. The molecule has 0 aliphatic heterocycles. The quantitative estimate of drug-likeness (QED) is 0.808. The molecule has 1 N–H and O–H groups in total. The summed E-state index contributed by atoms with van der Waals surface area (Å²) < 4.78 is 11.2. The first-order valence-corrected chi connectivity index (χ1v) is 6.29. The number of hydrogen-bond acceptors (Lipinski definition) is 3. The molecule has 0 spiro atoms. The van der Waals surface area contributed by atoms with Gasteiger partial charge in [0, 0.05) is 0 Å².